The van der Waals surface area contributed by atoms with E-state index in [1.54, 1.807) is 17.4 Å². The van der Waals surface area contributed by atoms with Gasteiger partial charge in [-0.2, -0.15) is 11.3 Å². The number of pyridine rings is 1. The number of thioether (sulfide) groups is 1. The highest BCUT2D eigenvalue weighted by Crippen LogP contribution is 2.44. The summed E-state index contributed by atoms with van der Waals surface area (Å²) in [6, 6.07) is 12.1. The Kier molecular flexibility index (Phi) is 6.45. The maximum atomic E-state index is 13.8. The van der Waals surface area contributed by atoms with Crippen LogP contribution in [0.5, 0.6) is 0 Å². The molecule has 1 saturated heterocycles. The maximum Gasteiger partial charge on any atom is 0.259 e. The molecule has 5 rings (SSSR count). The van der Waals surface area contributed by atoms with Gasteiger partial charge in [-0.25, -0.2) is 0 Å². The molecule has 2 aromatic heterocycles. The molecule has 0 N–H and O–H groups in total. The number of aromatic nitrogens is 1. The summed E-state index contributed by atoms with van der Waals surface area (Å²) in [6.07, 6.45) is 1.76. The Balaban J connectivity index is 1.61. The molecule has 172 valence electrons. The molecule has 1 aromatic carbocycles. The Morgan fingerprint density at radius 2 is 1.91 bits per heavy atom. The first-order chi connectivity index (χ1) is 16.1. The van der Waals surface area contributed by atoms with Crippen molar-refractivity contribution in [3.8, 4) is 5.69 Å². The molecule has 2 aliphatic heterocycles. The van der Waals surface area contributed by atoms with Crippen LogP contribution >= 0.6 is 23.1 Å². The molecule has 0 saturated carbocycles. The number of amides is 1. The average molecular weight is 480 g/mol. The van der Waals surface area contributed by atoms with E-state index < -0.39 is 0 Å². The third kappa shape index (κ3) is 4.29. The molecule has 0 bridgehead atoms. The lowest BCUT2D eigenvalue weighted by molar-refractivity contribution is 0.0634. The number of piperazine rings is 1. The van der Waals surface area contributed by atoms with Gasteiger partial charge in [-0.05, 0) is 54.4 Å². The Bertz CT molecular complexity index is 1210. The van der Waals surface area contributed by atoms with Gasteiger partial charge in [-0.3, -0.25) is 14.5 Å². The van der Waals surface area contributed by atoms with Crippen LogP contribution in [0.1, 0.15) is 45.9 Å². The third-order valence-corrected chi connectivity index (χ3v) is 8.60. The van der Waals surface area contributed by atoms with Gasteiger partial charge in [0.2, 0.25) is 0 Å². The summed E-state index contributed by atoms with van der Waals surface area (Å²) in [5.41, 5.74) is 4.20. The van der Waals surface area contributed by atoms with E-state index in [4.69, 9.17) is 0 Å². The molecule has 7 heteroatoms. The smallest absolute Gasteiger partial charge is 0.259 e. The van der Waals surface area contributed by atoms with Crippen LogP contribution in [0.15, 0.2) is 56.8 Å². The zero-order valence-electron chi connectivity index (χ0n) is 19.1. The third-order valence-electron chi connectivity index (χ3n) is 6.58. The van der Waals surface area contributed by atoms with Crippen LogP contribution in [0.25, 0.3) is 5.69 Å². The van der Waals surface area contributed by atoms with Crippen molar-refractivity contribution < 1.29 is 4.79 Å². The second kappa shape index (κ2) is 9.49. The van der Waals surface area contributed by atoms with E-state index in [9.17, 15) is 9.59 Å². The van der Waals surface area contributed by atoms with E-state index in [0.717, 1.165) is 43.1 Å². The van der Waals surface area contributed by atoms with Crippen molar-refractivity contribution in [2.24, 2.45) is 0 Å². The molecule has 1 amide bonds. The van der Waals surface area contributed by atoms with Crippen molar-refractivity contribution in [2.75, 3.05) is 32.7 Å². The monoisotopic (exact) mass is 479 g/mol. The van der Waals surface area contributed by atoms with E-state index in [2.05, 4.69) is 51.4 Å². The number of thiophene rings is 1. The zero-order chi connectivity index (χ0) is 22.9. The molecule has 1 atom stereocenters. The molecular weight excluding hydrogens is 450 g/mol. The van der Waals surface area contributed by atoms with Gasteiger partial charge in [0.25, 0.3) is 5.91 Å². The molecule has 0 spiro atoms. The number of rotatable bonds is 4. The highest BCUT2D eigenvalue weighted by Gasteiger charge is 2.32. The Labute approximate surface area is 203 Å². The average Bonchev–Trinajstić information content (AvgIpc) is 3.29. The fourth-order valence-electron chi connectivity index (χ4n) is 4.96. The Hall–Kier alpha value is -2.35. The predicted octanol–water partition coefficient (Wildman–Crippen LogP) is 4.76. The van der Waals surface area contributed by atoms with Gasteiger partial charge in [-0.15, -0.1) is 11.8 Å². The van der Waals surface area contributed by atoms with Crippen LogP contribution in [0.4, 0.5) is 0 Å². The Morgan fingerprint density at radius 3 is 2.64 bits per heavy atom. The largest absolute Gasteiger partial charge is 0.336 e. The van der Waals surface area contributed by atoms with Crippen molar-refractivity contribution in [1.82, 2.24) is 14.4 Å². The van der Waals surface area contributed by atoms with E-state index in [0.29, 0.717) is 25.1 Å². The molecule has 0 radical (unpaired) electrons. The fourth-order valence-corrected chi connectivity index (χ4v) is 7.02. The molecule has 0 unspecified atom stereocenters. The van der Waals surface area contributed by atoms with Crippen molar-refractivity contribution in [2.45, 2.75) is 36.8 Å². The normalized spacial score (nSPS) is 18.5. The summed E-state index contributed by atoms with van der Waals surface area (Å²) < 4.78 is 2.15. The van der Waals surface area contributed by atoms with Crippen molar-refractivity contribution in [3.05, 3.63) is 79.9 Å². The van der Waals surface area contributed by atoms with Crippen molar-refractivity contribution >= 4 is 29.0 Å². The second-order valence-corrected chi connectivity index (χ2v) is 10.8. The van der Waals surface area contributed by atoms with Gasteiger partial charge in [-0.1, -0.05) is 19.1 Å². The lowest BCUT2D eigenvalue weighted by Gasteiger charge is -2.35. The van der Waals surface area contributed by atoms with Crippen molar-refractivity contribution in [1.29, 1.82) is 0 Å². The standard InChI is InChI=1S/C26H29N3O2S2/c1-3-9-27-10-12-28(13-11-27)26(31)25-21-16-24(19-8-14-32-17-19)33-23-7-5-4-6-20(23)29(21)18(2)15-22(25)30/h4-8,14-15,17,24H,3,9-13,16H2,1-2H3/t24-/m0/s1. The lowest BCUT2D eigenvalue weighted by Crippen LogP contribution is -2.50. The van der Waals surface area contributed by atoms with Gasteiger partial charge in [0, 0.05) is 60.2 Å². The topological polar surface area (TPSA) is 45.5 Å². The van der Waals surface area contributed by atoms with Crippen LogP contribution in [0.3, 0.4) is 0 Å². The Morgan fingerprint density at radius 1 is 1.12 bits per heavy atom. The molecule has 33 heavy (non-hydrogen) atoms. The zero-order valence-corrected chi connectivity index (χ0v) is 20.8. The summed E-state index contributed by atoms with van der Waals surface area (Å²) >= 11 is 3.51. The minimum atomic E-state index is -0.159. The number of hydrogen-bond acceptors (Lipinski definition) is 5. The minimum Gasteiger partial charge on any atom is -0.336 e. The van der Waals surface area contributed by atoms with E-state index in [-0.39, 0.29) is 16.6 Å². The summed E-state index contributed by atoms with van der Waals surface area (Å²) in [5, 5.41) is 4.43. The molecule has 4 heterocycles. The SMILES string of the molecule is CCCN1CCN(C(=O)c2c3n(c(C)cc2=O)-c2ccccc2S[C@H](c2ccsc2)C3)CC1. The summed E-state index contributed by atoms with van der Waals surface area (Å²) in [5.74, 6) is -0.117. The van der Waals surface area contributed by atoms with Crippen LogP contribution in [0, 0.1) is 6.92 Å². The van der Waals surface area contributed by atoms with E-state index in [1.165, 1.54) is 10.5 Å². The summed E-state index contributed by atoms with van der Waals surface area (Å²) in [6.45, 7) is 8.28. The van der Waals surface area contributed by atoms with Gasteiger partial charge >= 0.3 is 0 Å². The van der Waals surface area contributed by atoms with Gasteiger partial charge in [0.1, 0.15) is 5.56 Å². The summed E-state index contributed by atoms with van der Waals surface area (Å²) in [4.78, 5) is 32.5. The van der Waals surface area contributed by atoms with Crippen LogP contribution in [-0.4, -0.2) is 53.0 Å². The van der Waals surface area contributed by atoms with Crippen LogP contribution < -0.4 is 5.43 Å². The molecular formula is C26H29N3O2S2. The number of carbonyl (C=O) groups excluding carboxylic acids is 1. The highest BCUT2D eigenvalue weighted by molar-refractivity contribution is 7.99. The molecule has 2 aliphatic rings. The maximum absolute atomic E-state index is 13.8. The first-order valence-corrected chi connectivity index (χ1v) is 13.4. The lowest BCUT2D eigenvalue weighted by atomic mass is 10.0. The first-order valence-electron chi connectivity index (χ1n) is 11.6. The number of carbonyl (C=O) groups is 1. The number of hydrogen-bond donors (Lipinski definition) is 0. The number of benzene rings is 1. The predicted molar refractivity (Wildman–Crippen MR) is 136 cm³/mol. The fraction of sp³-hybridized carbons (Fsp3) is 0.385. The van der Waals surface area contributed by atoms with Crippen molar-refractivity contribution in [3.63, 3.8) is 0 Å². The first kappa shape index (κ1) is 22.4. The van der Waals surface area contributed by atoms with Crippen LogP contribution in [0.2, 0.25) is 0 Å². The minimum absolute atomic E-state index is 0.117. The highest BCUT2D eigenvalue weighted by atomic mass is 32.2. The molecule has 1 fully saturated rings. The van der Waals surface area contributed by atoms with Crippen LogP contribution in [-0.2, 0) is 6.42 Å². The summed E-state index contributed by atoms with van der Waals surface area (Å²) in [7, 11) is 0. The quantitative estimate of drug-likeness (QED) is 0.541. The van der Waals surface area contributed by atoms with E-state index in [1.807, 2.05) is 29.7 Å². The van der Waals surface area contributed by atoms with Gasteiger partial charge in [0.15, 0.2) is 5.43 Å². The van der Waals surface area contributed by atoms with Gasteiger partial charge in [0.05, 0.1) is 5.69 Å². The number of aryl methyl sites for hydroxylation is 1. The van der Waals surface area contributed by atoms with E-state index >= 15 is 0 Å². The second-order valence-electron chi connectivity index (χ2n) is 8.78. The number of fused-ring (bicyclic) bond motifs is 3. The molecule has 0 aliphatic carbocycles. The molecule has 3 aromatic rings. The molecule has 5 nitrogen and oxygen atoms in total. The number of para-hydroxylation sites is 1. The number of nitrogens with zero attached hydrogens (tertiary/aromatic N) is 3. The van der Waals surface area contributed by atoms with Gasteiger partial charge < -0.3 is 9.47 Å².